The van der Waals surface area contributed by atoms with Crippen LogP contribution in [-0.4, -0.2) is 34.1 Å². The van der Waals surface area contributed by atoms with Crippen molar-refractivity contribution in [3.8, 4) is 0 Å². The van der Waals surface area contributed by atoms with Gasteiger partial charge in [0.2, 0.25) is 0 Å². The Morgan fingerprint density at radius 2 is 2.33 bits per heavy atom. The summed E-state index contributed by atoms with van der Waals surface area (Å²) in [5.41, 5.74) is 0. The van der Waals surface area contributed by atoms with Crippen LogP contribution in [0.3, 0.4) is 0 Å². The Bertz CT molecular complexity index is 95.1. The van der Waals surface area contributed by atoms with Crippen LogP contribution >= 0.6 is 0 Å². The van der Waals surface area contributed by atoms with Crippen molar-refractivity contribution in [1.29, 1.82) is 0 Å². The molecule has 1 saturated heterocycles. The molecule has 0 spiro atoms. The van der Waals surface area contributed by atoms with Gasteiger partial charge < -0.3 is 10.3 Å². The van der Waals surface area contributed by atoms with Gasteiger partial charge in [0, 0.05) is 6.54 Å². The van der Waals surface area contributed by atoms with Crippen molar-refractivity contribution in [2.75, 3.05) is 6.54 Å². The number of hydrogen-bond donors (Lipinski definition) is 2. The SMILES string of the molecule is CC(O)C1CCCN1O. The first-order valence-corrected chi connectivity index (χ1v) is 3.35. The average molecular weight is 131 g/mol. The molecule has 0 radical (unpaired) electrons. The van der Waals surface area contributed by atoms with E-state index < -0.39 is 6.10 Å². The maximum absolute atomic E-state index is 9.03. The fourth-order valence-electron chi connectivity index (χ4n) is 1.27. The second-order valence-corrected chi connectivity index (χ2v) is 2.61. The molecular formula is C6H13NO2. The van der Waals surface area contributed by atoms with Crippen LogP contribution in [0.15, 0.2) is 0 Å². The second kappa shape index (κ2) is 2.64. The minimum atomic E-state index is -0.405. The van der Waals surface area contributed by atoms with E-state index >= 15 is 0 Å². The summed E-state index contributed by atoms with van der Waals surface area (Å²) in [6, 6.07) is -0.0231. The van der Waals surface area contributed by atoms with Crippen molar-refractivity contribution in [1.82, 2.24) is 5.06 Å². The molecule has 0 aromatic rings. The molecule has 3 nitrogen and oxygen atoms in total. The van der Waals surface area contributed by atoms with Crippen LogP contribution in [0.1, 0.15) is 19.8 Å². The highest BCUT2D eigenvalue weighted by Gasteiger charge is 2.26. The lowest BCUT2D eigenvalue weighted by molar-refractivity contribution is -0.128. The Labute approximate surface area is 54.9 Å². The molecule has 1 heterocycles. The molecule has 3 heteroatoms. The highest BCUT2D eigenvalue weighted by Crippen LogP contribution is 2.16. The molecular weight excluding hydrogens is 118 g/mol. The van der Waals surface area contributed by atoms with Crippen LogP contribution < -0.4 is 0 Å². The summed E-state index contributed by atoms with van der Waals surface area (Å²) in [4.78, 5) is 0. The van der Waals surface area contributed by atoms with Crippen LogP contribution in [0, 0.1) is 0 Å². The van der Waals surface area contributed by atoms with Crippen LogP contribution in [-0.2, 0) is 0 Å². The lowest BCUT2D eigenvalue weighted by Gasteiger charge is -2.19. The van der Waals surface area contributed by atoms with Crippen LogP contribution in [0.5, 0.6) is 0 Å². The number of rotatable bonds is 1. The standard InChI is InChI=1S/C6H13NO2/c1-5(8)6-3-2-4-7(6)9/h5-6,8-9H,2-4H2,1H3. The Balaban J connectivity index is 2.40. The summed E-state index contributed by atoms with van der Waals surface area (Å²) in [5, 5.41) is 19.3. The maximum atomic E-state index is 9.03. The summed E-state index contributed by atoms with van der Waals surface area (Å²) in [7, 11) is 0. The molecule has 9 heavy (non-hydrogen) atoms. The highest BCUT2D eigenvalue weighted by molar-refractivity contribution is 4.76. The molecule has 2 unspecified atom stereocenters. The number of hydrogen-bond acceptors (Lipinski definition) is 3. The van der Waals surface area contributed by atoms with Gasteiger partial charge in [-0.2, -0.15) is 5.06 Å². The molecule has 1 fully saturated rings. The van der Waals surface area contributed by atoms with E-state index in [0.29, 0.717) is 6.54 Å². The Hall–Kier alpha value is -0.120. The third-order valence-electron chi connectivity index (χ3n) is 1.83. The lowest BCUT2D eigenvalue weighted by atomic mass is 10.1. The summed E-state index contributed by atoms with van der Waals surface area (Å²) in [5.74, 6) is 0. The molecule has 2 atom stereocenters. The highest BCUT2D eigenvalue weighted by atomic mass is 16.5. The number of hydroxylamine groups is 2. The molecule has 0 aromatic carbocycles. The number of nitrogens with zero attached hydrogens (tertiary/aromatic N) is 1. The first-order chi connectivity index (χ1) is 4.22. The first kappa shape index (κ1) is 6.99. The lowest BCUT2D eigenvalue weighted by Crippen LogP contribution is -2.34. The quantitative estimate of drug-likeness (QED) is 0.535. The maximum Gasteiger partial charge on any atom is 0.0690 e. The third kappa shape index (κ3) is 1.41. The average Bonchev–Trinajstić information content (AvgIpc) is 2.13. The molecule has 0 aromatic heterocycles. The van der Waals surface area contributed by atoms with Gasteiger partial charge in [0.05, 0.1) is 12.1 Å². The van der Waals surface area contributed by atoms with Crippen molar-refractivity contribution in [2.45, 2.75) is 31.9 Å². The molecule has 1 aliphatic rings. The van der Waals surface area contributed by atoms with Crippen molar-refractivity contribution >= 4 is 0 Å². The predicted molar refractivity (Wildman–Crippen MR) is 33.2 cm³/mol. The van der Waals surface area contributed by atoms with E-state index in [9.17, 15) is 0 Å². The molecule has 0 bridgehead atoms. The number of aliphatic hydroxyl groups is 1. The van der Waals surface area contributed by atoms with E-state index in [1.54, 1.807) is 6.92 Å². The van der Waals surface area contributed by atoms with Gasteiger partial charge in [0.25, 0.3) is 0 Å². The summed E-state index contributed by atoms with van der Waals surface area (Å²) >= 11 is 0. The summed E-state index contributed by atoms with van der Waals surface area (Å²) < 4.78 is 0. The fourth-order valence-corrected chi connectivity index (χ4v) is 1.27. The Morgan fingerprint density at radius 1 is 1.67 bits per heavy atom. The van der Waals surface area contributed by atoms with E-state index in [4.69, 9.17) is 10.3 Å². The molecule has 54 valence electrons. The molecule has 0 saturated carbocycles. The minimum absolute atomic E-state index is 0.0231. The third-order valence-corrected chi connectivity index (χ3v) is 1.83. The Kier molecular flexibility index (Phi) is 2.05. The summed E-state index contributed by atoms with van der Waals surface area (Å²) in [6.07, 6.45) is 1.50. The van der Waals surface area contributed by atoms with E-state index in [2.05, 4.69) is 0 Å². The molecule has 1 aliphatic heterocycles. The smallest absolute Gasteiger partial charge is 0.0690 e. The van der Waals surface area contributed by atoms with Crippen LogP contribution in [0.2, 0.25) is 0 Å². The molecule has 0 amide bonds. The van der Waals surface area contributed by atoms with Gasteiger partial charge >= 0.3 is 0 Å². The van der Waals surface area contributed by atoms with Crippen molar-refractivity contribution < 1.29 is 10.3 Å². The van der Waals surface area contributed by atoms with Gasteiger partial charge in [-0.3, -0.25) is 0 Å². The second-order valence-electron chi connectivity index (χ2n) is 2.61. The first-order valence-electron chi connectivity index (χ1n) is 3.35. The van der Waals surface area contributed by atoms with E-state index in [1.807, 2.05) is 0 Å². The monoisotopic (exact) mass is 131 g/mol. The zero-order valence-corrected chi connectivity index (χ0v) is 5.62. The molecule has 2 N–H and O–H groups in total. The topological polar surface area (TPSA) is 43.7 Å². The Morgan fingerprint density at radius 3 is 2.56 bits per heavy atom. The van der Waals surface area contributed by atoms with Gasteiger partial charge in [-0.05, 0) is 19.8 Å². The summed E-state index contributed by atoms with van der Waals surface area (Å²) in [6.45, 7) is 2.41. The molecule has 1 rings (SSSR count). The van der Waals surface area contributed by atoms with Gasteiger partial charge in [0.1, 0.15) is 0 Å². The number of aliphatic hydroxyl groups excluding tert-OH is 1. The van der Waals surface area contributed by atoms with E-state index in [-0.39, 0.29) is 6.04 Å². The van der Waals surface area contributed by atoms with Crippen LogP contribution in [0.4, 0.5) is 0 Å². The van der Waals surface area contributed by atoms with Crippen LogP contribution in [0.25, 0.3) is 0 Å². The van der Waals surface area contributed by atoms with Crippen molar-refractivity contribution in [2.24, 2.45) is 0 Å². The normalized spacial score (nSPS) is 33.0. The van der Waals surface area contributed by atoms with Crippen molar-refractivity contribution in [3.05, 3.63) is 0 Å². The van der Waals surface area contributed by atoms with Gasteiger partial charge in [-0.1, -0.05) is 0 Å². The van der Waals surface area contributed by atoms with Gasteiger partial charge in [-0.25, -0.2) is 0 Å². The molecule has 0 aliphatic carbocycles. The largest absolute Gasteiger partial charge is 0.392 e. The van der Waals surface area contributed by atoms with E-state index in [0.717, 1.165) is 12.8 Å². The fraction of sp³-hybridized carbons (Fsp3) is 1.00. The van der Waals surface area contributed by atoms with Crippen molar-refractivity contribution in [3.63, 3.8) is 0 Å². The predicted octanol–water partition coefficient (Wildman–Crippen LogP) is 0.221. The van der Waals surface area contributed by atoms with Gasteiger partial charge in [0.15, 0.2) is 0 Å². The zero-order chi connectivity index (χ0) is 6.85. The van der Waals surface area contributed by atoms with Gasteiger partial charge in [-0.15, -0.1) is 0 Å². The zero-order valence-electron chi connectivity index (χ0n) is 5.62. The van der Waals surface area contributed by atoms with E-state index in [1.165, 1.54) is 5.06 Å². The minimum Gasteiger partial charge on any atom is -0.392 e.